The lowest BCUT2D eigenvalue weighted by Gasteiger charge is -2.08. The van der Waals surface area contributed by atoms with Crippen LogP contribution in [0.2, 0.25) is 0 Å². The fraction of sp³-hybridized carbons (Fsp3) is 0.182. The summed E-state index contributed by atoms with van der Waals surface area (Å²) in [6.45, 7) is 2.86. The number of aromatic nitrogens is 1. The van der Waals surface area contributed by atoms with Gasteiger partial charge in [0.1, 0.15) is 5.82 Å². The summed E-state index contributed by atoms with van der Waals surface area (Å²) in [5.41, 5.74) is 9.09. The van der Waals surface area contributed by atoms with Crippen LogP contribution in [-0.2, 0) is 6.54 Å². The Kier molecular flexibility index (Phi) is 3.46. The van der Waals surface area contributed by atoms with Crippen molar-refractivity contribution in [2.45, 2.75) is 13.5 Å². The normalized spacial score (nSPS) is 10.4. The van der Waals surface area contributed by atoms with Crippen molar-refractivity contribution in [3.05, 3.63) is 38.6 Å². The number of thiophene rings is 1. The topological polar surface area (TPSA) is 50.9 Å². The lowest BCUT2D eigenvalue weighted by atomic mass is 10.2. The molecule has 0 amide bonds. The van der Waals surface area contributed by atoms with Crippen LogP contribution in [0.15, 0.2) is 27.5 Å². The maximum Gasteiger partial charge on any atom is 0.149 e. The molecule has 0 fully saturated rings. The van der Waals surface area contributed by atoms with E-state index in [1.165, 1.54) is 11.1 Å². The maximum atomic E-state index is 5.85. The fourth-order valence-corrected chi connectivity index (χ4v) is 2.56. The second-order valence-electron chi connectivity index (χ2n) is 3.52. The highest BCUT2D eigenvalue weighted by atomic mass is 79.9. The molecule has 0 spiro atoms. The van der Waals surface area contributed by atoms with E-state index in [0.29, 0.717) is 5.69 Å². The Balaban J connectivity index is 2.08. The molecule has 3 N–H and O–H groups in total. The van der Waals surface area contributed by atoms with E-state index in [9.17, 15) is 0 Å². The van der Waals surface area contributed by atoms with E-state index >= 15 is 0 Å². The van der Waals surface area contributed by atoms with E-state index in [1.807, 2.05) is 6.07 Å². The Labute approximate surface area is 107 Å². The number of aryl methyl sites for hydroxylation is 1. The Hall–Kier alpha value is -1.07. The zero-order chi connectivity index (χ0) is 11.5. The predicted molar refractivity (Wildman–Crippen MR) is 72.7 cm³/mol. The van der Waals surface area contributed by atoms with Crippen LogP contribution in [0.25, 0.3) is 0 Å². The van der Waals surface area contributed by atoms with Gasteiger partial charge in [0.25, 0.3) is 0 Å². The van der Waals surface area contributed by atoms with Gasteiger partial charge in [-0.25, -0.2) is 4.98 Å². The molecule has 0 unspecified atom stereocenters. The number of nitrogens with two attached hydrogens (primary N) is 1. The number of nitrogen functional groups attached to an aromatic ring is 1. The van der Waals surface area contributed by atoms with Crippen LogP contribution in [0.1, 0.15) is 11.1 Å². The first-order chi connectivity index (χ1) is 7.66. The van der Waals surface area contributed by atoms with Crippen molar-refractivity contribution in [2.75, 3.05) is 11.1 Å². The molecule has 2 aromatic heterocycles. The summed E-state index contributed by atoms with van der Waals surface area (Å²) in [4.78, 5) is 4.23. The number of hydrogen-bond acceptors (Lipinski definition) is 4. The molecule has 0 saturated carbocycles. The summed E-state index contributed by atoms with van der Waals surface area (Å²) in [5, 5.41) is 7.50. The first kappa shape index (κ1) is 11.4. The van der Waals surface area contributed by atoms with Gasteiger partial charge >= 0.3 is 0 Å². The van der Waals surface area contributed by atoms with Crippen molar-refractivity contribution in [3.63, 3.8) is 0 Å². The molecule has 3 nitrogen and oxygen atoms in total. The van der Waals surface area contributed by atoms with Crippen molar-refractivity contribution in [2.24, 2.45) is 0 Å². The maximum absolute atomic E-state index is 5.85. The van der Waals surface area contributed by atoms with Crippen LogP contribution in [0.5, 0.6) is 0 Å². The van der Waals surface area contributed by atoms with E-state index in [-0.39, 0.29) is 0 Å². The largest absolute Gasteiger partial charge is 0.396 e. The third-order valence-corrected chi connectivity index (χ3v) is 3.64. The van der Waals surface area contributed by atoms with Crippen LogP contribution >= 0.6 is 27.3 Å². The second-order valence-corrected chi connectivity index (χ2v) is 5.18. The van der Waals surface area contributed by atoms with Gasteiger partial charge in [-0.3, -0.25) is 0 Å². The minimum atomic E-state index is 0.655. The smallest absolute Gasteiger partial charge is 0.149 e. The third kappa shape index (κ3) is 2.54. The standard InChI is InChI=1S/C11H12BrN3S/c1-7-5-16-6-8(7)3-14-11-10(13)2-9(12)4-15-11/h2,4-6H,3,13H2,1H3,(H,14,15). The SMILES string of the molecule is Cc1cscc1CNc1ncc(Br)cc1N. The molecule has 2 heterocycles. The Morgan fingerprint density at radius 1 is 1.50 bits per heavy atom. The van der Waals surface area contributed by atoms with E-state index < -0.39 is 0 Å². The molecular weight excluding hydrogens is 286 g/mol. The van der Waals surface area contributed by atoms with Gasteiger partial charge in [0, 0.05) is 17.2 Å². The molecule has 2 rings (SSSR count). The summed E-state index contributed by atoms with van der Waals surface area (Å²) in [7, 11) is 0. The van der Waals surface area contributed by atoms with Gasteiger partial charge in [0.15, 0.2) is 0 Å². The van der Waals surface area contributed by atoms with Gasteiger partial charge in [0.05, 0.1) is 5.69 Å². The number of nitrogens with zero attached hydrogens (tertiary/aromatic N) is 1. The van der Waals surface area contributed by atoms with Crippen LogP contribution in [0, 0.1) is 6.92 Å². The Bertz CT molecular complexity index is 496. The number of nitrogens with one attached hydrogen (secondary N) is 1. The van der Waals surface area contributed by atoms with Crippen molar-refractivity contribution in [1.82, 2.24) is 4.98 Å². The van der Waals surface area contributed by atoms with Gasteiger partial charge in [0.2, 0.25) is 0 Å². The van der Waals surface area contributed by atoms with Gasteiger partial charge in [-0.05, 0) is 50.8 Å². The fourth-order valence-electron chi connectivity index (χ4n) is 1.35. The van der Waals surface area contributed by atoms with E-state index in [4.69, 9.17) is 5.73 Å². The first-order valence-electron chi connectivity index (χ1n) is 4.83. The molecule has 2 aromatic rings. The summed E-state index contributed by atoms with van der Waals surface area (Å²) >= 11 is 5.04. The third-order valence-electron chi connectivity index (χ3n) is 2.29. The average Bonchev–Trinajstić information content (AvgIpc) is 2.63. The minimum absolute atomic E-state index is 0.655. The number of hydrogen-bond donors (Lipinski definition) is 2. The Morgan fingerprint density at radius 2 is 2.31 bits per heavy atom. The van der Waals surface area contributed by atoms with Gasteiger partial charge in [-0.15, -0.1) is 0 Å². The lowest BCUT2D eigenvalue weighted by molar-refractivity contribution is 1.10. The lowest BCUT2D eigenvalue weighted by Crippen LogP contribution is -2.04. The molecule has 0 aliphatic heterocycles. The van der Waals surface area contributed by atoms with Crippen LogP contribution in [0.3, 0.4) is 0 Å². The van der Waals surface area contributed by atoms with E-state index in [2.05, 4.69) is 43.9 Å². The number of halogens is 1. The second kappa shape index (κ2) is 4.84. The molecule has 0 aliphatic rings. The highest BCUT2D eigenvalue weighted by Gasteiger charge is 2.03. The van der Waals surface area contributed by atoms with Crippen LogP contribution in [0.4, 0.5) is 11.5 Å². The van der Waals surface area contributed by atoms with Crippen molar-refractivity contribution < 1.29 is 0 Å². The van der Waals surface area contributed by atoms with Gasteiger partial charge in [-0.2, -0.15) is 11.3 Å². The first-order valence-corrected chi connectivity index (χ1v) is 6.57. The molecular formula is C11H12BrN3S. The van der Waals surface area contributed by atoms with E-state index in [0.717, 1.165) is 16.8 Å². The zero-order valence-electron chi connectivity index (χ0n) is 8.83. The monoisotopic (exact) mass is 297 g/mol. The summed E-state index contributed by atoms with van der Waals surface area (Å²) in [6.07, 6.45) is 1.74. The summed E-state index contributed by atoms with van der Waals surface area (Å²) in [6, 6.07) is 1.84. The molecule has 16 heavy (non-hydrogen) atoms. The van der Waals surface area contributed by atoms with Crippen molar-refractivity contribution in [3.8, 4) is 0 Å². The highest BCUT2D eigenvalue weighted by Crippen LogP contribution is 2.21. The summed E-state index contributed by atoms with van der Waals surface area (Å²) in [5.74, 6) is 0.730. The van der Waals surface area contributed by atoms with Crippen molar-refractivity contribution in [1.29, 1.82) is 0 Å². The minimum Gasteiger partial charge on any atom is -0.396 e. The number of pyridine rings is 1. The average molecular weight is 298 g/mol. The molecule has 0 aliphatic carbocycles. The number of rotatable bonds is 3. The van der Waals surface area contributed by atoms with Crippen LogP contribution in [-0.4, -0.2) is 4.98 Å². The quantitative estimate of drug-likeness (QED) is 0.913. The molecule has 5 heteroatoms. The zero-order valence-corrected chi connectivity index (χ0v) is 11.2. The molecule has 0 atom stereocenters. The van der Waals surface area contributed by atoms with Crippen LogP contribution < -0.4 is 11.1 Å². The number of anilines is 2. The van der Waals surface area contributed by atoms with Gasteiger partial charge in [-0.1, -0.05) is 0 Å². The van der Waals surface area contributed by atoms with Crippen molar-refractivity contribution >= 4 is 38.8 Å². The molecule has 0 radical (unpaired) electrons. The molecule has 0 bridgehead atoms. The van der Waals surface area contributed by atoms with E-state index in [1.54, 1.807) is 17.5 Å². The molecule has 0 saturated heterocycles. The summed E-state index contributed by atoms with van der Waals surface area (Å²) < 4.78 is 0.891. The van der Waals surface area contributed by atoms with Gasteiger partial charge < -0.3 is 11.1 Å². The Morgan fingerprint density at radius 3 is 2.94 bits per heavy atom. The molecule has 0 aromatic carbocycles. The predicted octanol–water partition coefficient (Wildman–Crippen LogP) is 3.41. The molecule has 84 valence electrons. The highest BCUT2D eigenvalue weighted by molar-refractivity contribution is 9.10.